The summed E-state index contributed by atoms with van der Waals surface area (Å²) in [5, 5.41) is 1.11. The number of fused-ring (bicyclic) bond motifs is 4. The molecule has 0 aliphatic heterocycles. The van der Waals surface area contributed by atoms with Crippen LogP contribution in [0.15, 0.2) is 34.8 Å². The van der Waals surface area contributed by atoms with E-state index in [2.05, 4.69) is 59.5 Å². The van der Waals surface area contributed by atoms with Crippen molar-refractivity contribution in [2.24, 2.45) is 0 Å². The number of ether oxygens (including phenoxy) is 2. The Morgan fingerprint density at radius 1 is 0.862 bits per heavy atom. The van der Waals surface area contributed by atoms with Gasteiger partial charge in [0.2, 0.25) is 0 Å². The zero-order valence-corrected chi connectivity index (χ0v) is 18.8. The Balaban J connectivity index is 1.97. The van der Waals surface area contributed by atoms with Gasteiger partial charge in [-0.15, -0.1) is 0 Å². The van der Waals surface area contributed by atoms with E-state index in [-0.39, 0.29) is 0 Å². The van der Waals surface area contributed by atoms with Crippen molar-refractivity contribution < 1.29 is 9.47 Å². The van der Waals surface area contributed by atoms with Crippen LogP contribution in [-0.2, 0) is 6.54 Å². The zero-order valence-electron chi connectivity index (χ0n) is 17.2. The fraction of sp³-hybridized carbons (Fsp3) is 0.391. The standard InChI is InChI=1S/C23H26BrN3O2/c1-4-9-27-19-8-7-15(24)12-16(19)22-23(27)26-18-14-21(29-11-6-3)20(28-10-5-2)13-17(18)25-22/h7-8,12-14H,4-6,9-11H2,1-3H3. The lowest BCUT2D eigenvalue weighted by Crippen LogP contribution is -2.02. The average molecular weight is 456 g/mol. The molecule has 0 unspecified atom stereocenters. The third-order valence-corrected chi connectivity index (χ3v) is 5.34. The fourth-order valence-electron chi connectivity index (χ4n) is 3.57. The van der Waals surface area contributed by atoms with Crippen LogP contribution in [0.2, 0.25) is 0 Å². The van der Waals surface area contributed by atoms with Crippen molar-refractivity contribution in [2.45, 2.75) is 46.6 Å². The van der Waals surface area contributed by atoms with Crippen molar-refractivity contribution in [3.63, 3.8) is 0 Å². The molecule has 0 N–H and O–H groups in total. The van der Waals surface area contributed by atoms with E-state index >= 15 is 0 Å². The summed E-state index contributed by atoms with van der Waals surface area (Å²) >= 11 is 3.60. The molecule has 0 fully saturated rings. The number of aryl methyl sites for hydroxylation is 1. The van der Waals surface area contributed by atoms with E-state index in [4.69, 9.17) is 19.4 Å². The molecular weight excluding hydrogens is 430 g/mol. The number of aromatic nitrogens is 3. The van der Waals surface area contributed by atoms with Crippen molar-refractivity contribution in [3.8, 4) is 11.5 Å². The molecule has 0 spiro atoms. The molecule has 0 saturated carbocycles. The Morgan fingerprint density at radius 2 is 1.52 bits per heavy atom. The summed E-state index contributed by atoms with van der Waals surface area (Å²) in [5.74, 6) is 1.47. The van der Waals surface area contributed by atoms with E-state index < -0.39 is 0 Å². The van der Waals surface area contributed by atoms with E-state index in [0.29, 0.717) is 13.2 Å². The normalized spacial score (nSPS) is 11.6. The highest BCUT2D eigenvalue weighted by Gasteiger charge is 2.17. The topological polar surface area (TPSA) is 49.2 Å². The molecule has 6 heteroatoms. The summed E-state index contributed by atoms with van der Waals surface area (Å²) in [5.41, 5.74) is 4.64. The van der Waals surface area contributed by atoms with Crippen LogP contribution >= 0.6 is 15.9 Å². The Labute approximate surface area is 179 Å². The lowest BCUT2D eigenvalue weighted by atomic mass is 10.2. The van der Waals surface area contributed by atoms with Crippen molar-refractivity contribution in [1.82, 2.24) is 14.5 Å². The molecule has 4 rings (SSSR count). The fourth-order valence-corrected chi connectivity index (χ4v) is 3.93. The molecule has 0 atom stereocenters. The average Bonchev–Trinajstić information content (AvgIpc) is 3.01. The number of rotatable bonds is 8. The molecule has 0 amide bonds. The van der Waals surface area contributed by atoms with E-state index in [9.17, 15) is 0 Å². The summed E-state index contributed by atoms with van der Waals surface area (Å²) in [7, 11) is 0. The van der Waals surface area contributed by atoms with E-state index in [0.717, 1.165) is 74.9 Å². The van der Waals surface area contributed by atoms with Crippen LogP contribution in [0.1, 0.15) is 40.0 Å². The van der Waals surface area contributed by atoms with E-state index in [1.807, 2.05) is 12.1 Å². The molecule has 2 aromatic carbocycles. The lowest BCUT2D eigenvalue weighted by Gasteiger charge is -2.13. The number of nitrogens with zero attached hydrogens (tertiary/aromatic N) is 3. The third kappa shape index (κ3) is 3.78. The second kappa shape index (κ2) is 8.57. The molecule has 2 aromatic heterocycles. The predicted octanol–water partition coefficient (Wildman–Crippen LogP) is 6.49. The molecule has 0 aliphatic rings. The van der Waals surface area contributed by atoms with Crippen LogP contribution < -0.4 is 9.47 Å². The quantitative estimate of drug-likeness (QED) is 0.304. The monoisotopic (exact) mass is 455 g/mol. The number of hydrogen-bond acceptors (Lipinski definition) is 4. The molecule has 0 radical (unpaired) electrons. The van der Waals surface area contributed by atoms with Gasteiger partial charge in [0, 0.05) is 28.5 Å². The summed E-state index contributed by atoms with van der Waals surface area (Å²) in [6, 6.07) is 10.3. The van der Waals surface area contributed by atoms with Gasteiger partial charge in [0.05, 0.1) is 29.8 Å². The minimum atomic E-state index is 0.645. The number of halogens is 1. The van der Waals surface area contributed by atoms with Crippen LogP contribution in [-0.4, -0.2) is 27.7 Å². The maximum absolute atomic E-state index is 5.95. The van der Waals surface area contributed by atoms with Gasteiger partial charge in [-0.1, -0.05) is 36.7 Å². The number of hydrogen-bond donors (Lipinski definition) is 0. The number of benzene rings is 2. The molecular formula is C23H26BrN3O2. The van der Waals surface area contributed by atoms with Gasteiger partial charge in [-0.05, 0) is 37.5 Å². The molecule has 4 aromatic rings. The third-order valence-electron chi connectivity index (χ3n) is 4.84. The van der Waals surface area contributed by atoms with Crippen molar-refractivity contribution >= 4 is 49.0 Å². The van der Waals surface area contributed by atoms with Crippen LogP contribution in [0.4, 0.5) is 0 Å². The Morgan fingerprint density at radius 3 is 2.14 bits per heavy atom. The predicted molar refractivity (Wildman–Crippen MR) is 122 cm³/mol. The van der Waals surface area contributed by atoms with Crippen LogP contribution in [0.3, 0.4) is 0 Å². The molecule has 0 bridgehead atoms. The maximum Gasteiger partial charge on any atom is 0.163 e. The SMILES string of the molecule is CCCOc1cc2nc3c4cc(Br)ccc4n(CCC)c3nc2cc1OCCC. The summed E-state index contributed by atoms with van der Waals surface area (Å²) in [6.07, 6.45) is 2.91. The molecule has 0 saturated heterocycles. The maximum atomic E-state index is 5.95. The van der Waals surface area contributed by atoms with E-state index in [1.54, 1.807) is 0 Å². The largest absolute Gasteiger partial charge is 0.490 e. The zero-order chi connectivity index (χ0) is 20.4. The van der Waals surface area contributed by atoms with Gasteiger partial charge < -0.3 is 14.0 Å². The molecule has 5 nitrogen and oxygen atoms in total. The first kappa shape index (κ1) is 20.0. The van der Waals surface area contributed by atoms with Gasteiger partial charge in [-0.2, -0.15) is 0 Å². The molecule has 29 heavy (non-hydrogen) atoms. The van der Waals surface area contributed by atoms with Crippen LogP contribution in [0, 0.1) is 0 Å². The Bertz CT molecular complexity index is 1170. The lowest BCUT2D eigenvalue weighted by molar-refractivity contribution is 0.269. The second-order valence-corrected chi connectivity index (χ2v) is 8.11. The molecule has 2 heterocycles. The highest BCUT2D eigenvalue weighted by molar-refractivity contribution is 9.10. The van der Waals surface area contributed by atoms with Gasteiger partial charge in [-0.25, -0.2) is 9.97 Å². The van der Waals surface area contributed by atoms with Crippen LogP contribution in [0.5, 0.6) is 11.5 Å². The van der Waals surface area contributed by atoms with Gasteiger partial charge in [-0.3, -0.25) is 0 Å². The molecule has 152 valence electrons. The van der Waals surface area contributed by atoms with Gasteiger partial charge in [0.15, 0.2) is 17.1 Å². The second-order valence-electron chi connectivity index (χ2n) is 7.19. The minimum Gasteiger partial charge on any atom is -0.490 e. The minimum absolute atomic E-state index is 0.645. The van der Waals surface area contributed by atoms with Crippen molar-refractivity contribution in [1.29, 1.82) is 0 Å². The van der Waals surface area contributed by atoms with Crippen molar-refractivity contribution in [2.75, 3.05) is 13.2 Å². The summed E-state index contributed by atoms with van der Waals surface area (Å²) < 4.78 is 15.2. The van der Waals surface area contributed by atoms with Crippen molar-refractivity contribution in [3.05, 3.63) is 34.8 Å². The summed E-state index contributed by atoms with van der Waals surface area (Å²) in [6.45, 7) is 8.56. The van der Waals surface area contributed by atoms with Gasteiger partial charge >= 0.3 is 0 Å². The van der Waals surface area contributed by atoms with E-state index in [1.165, 1.54) is 0 Å². The van der Waals surface area contributed by atoms with Crippen LogP contribution in [0.25, 0.3) is 33.1 Å². The first-order valence-electron chi connectivity index (χ1n) is 10.3. The smallest absolute Gasteiger partial charge is 0.163 e. The molecule has 0 aliphatic carbocycles. The first-order valence-corrected chi connectivity index (χ1v) is 11.1. The first-order chi connectivity index (χ1) is 14.2. The highest BCUT2D eigenvalue weighted by atomic mass is 79.9. The Kier molecular flexibility index (Phi) is 5.90. The highest BCUT2D eigenvalue weighted by Crippen LogP contribution is 2.35. The van der Waals surface area contributed by atoms with Gasteiger partial charge in [0.1, 0.15) is 5.52 Å². The Hall–Kier alpha value is -2.34. The van der Waals surface area contributed by atoms with Gasteiger partial charge in [0.25, 0.3) is 0 Å². The summed E-state index contributed by atoms with van der Waals surface area (Å²) in [4.78, 5) is 10.0.